The van der Waals surface area contributed by atoms with Crippen LogP contribution >= 0.6 is 0 Å². The summed E-state index contributed by atoms with van der Waals surface area (Å²) in [6.07, 6.45) is 0.490. The van der Waals surface area contributed by atoms with Gasteiger partial charge in [-0.25, -0.2) is 9.97 Å². The van der Waals surface area contributed by atoms with E-state index in [9.17, 15) is 0 Å². The molecule has 2 unspecified atom stereocenters. The first kappa shape index (κ1) is 14.6. The van der Waals surface area contributed by atoms with Gasteiger partial charge in [-0.15, -0.1) is 0 Å². The van der Waals surface area contributed by atoms with Gasteiger partial charge in [0.15, 0.2) is 5.82 Å². The number of aromatic nitrogens is 2. The molecular weight excluding hydrogens is 250 g/mol. The van der Waals surface area contributed by atoms with Gasteiger partial charge in [0.25, 0.3) is 0 Å². The van der Waals surface area contributed by atoms with Gasteiger partial charge in [-0.05, 0) is 25.5 Å². The summed E-state index contributed by atoms with van der Waals surface area (Å²) in [5.41, 5.74) is 8.79. The number of benzene rings is 1. The van der Waals surface area contributed by atoms with Crippen LogP contribution in [0, 0.1) is 6.92 Å². The molecule has 0 aliphatic heterocycles. The third kappa shape index (κ3) is 3.62. The van der Waals surface area contributed by atoms with Crippen LogP contribution in [-0.2, 0) is 11.2 Å². The molecule has 0 amide bonds. The third-order valence-electron chi connectivity index (χ3n) is 3.03. The second-order valence-corrected chi connectivity index (χ2v) is 5.07. The molecule has 0 aliphatic carbocycles. The van der Waals surface area contributed by atoms with Crippen LogP contribution in [-0.4, -0.2) is 23.1 Å². The quantitative estimate of drug-likeness (QED) is 0.907. The van der Waals surface area contributed by atoms with E-state index in [0.29, 0.717) is 5.82 Å². The lowest BCUT2D eigenvalue weighted by Gasteiger charge is -2.16. The summed E-state index contributed by atoms with van der Waals surface area (Å²) in [6, 6.07) is 12.0. The number of rotatable bonds is 5. The van der Waals surface area contributed by atoms with E-state index in [4.69, 9.17) is 10.5 Å². The Morgan fingerprint density at radius 1 is 1.20 bits per heavy atom. The molecule has 2 rings (SSSR count). The van der Waals surface area contributed by atoms with Gasteiger partial charge in [0.2, 0.25) is 0 Å². The van der Waals surface area contributed by atoms with Crippen LogP contribution in [0.4, 0.5) is 0 Å². The number of nitrogens with two attached hydrogens (primary N) is 1. The minimum Gasteiger partial charge on any atom is -0.369 e. The van der Waals surface area contributed by atoms with Crippen LogP contribution in [0.2, 0.25) is 0 Å². The van der Waals surface area contributed by atoms with Crippen molar-refractivity contribution >= 4 is 0 Å². The largest absolute Gasteiger partial charge is 0.369 e. The van der Waals surface area contributed by atoms with Crippen LogP contribution in [0.25, 0.3) is 0 Å². The molecule has 0 fully saturated rings. The van der Waals surface area contributed by atoms with E-state index in [2.05, 4.69) is 9.97 Å². The van der Waals surface area contributed by atoms with Crippen molar-refractivity contribution in [2.45, 2.75) is 32.4 Å². The van der Waals surface area contributed by atoms with Crippen LogP contribution in [0.3, 0.4) is 0 Å². The Labute approximate surface area is 120 Å². The summed E-state index contributed by atoms with van der Waals surface area (Å²) in [4.78, 5) is 9.12. The maximum Gasteiger partial charge on any atom is 0.162 e. The number of hydrogen-bond donors (Lipinski definition) is 1. The highest BCUT2D eigenvalue weighted by Crippen LogP contribution is 2.22. The van der Waals surface area contributed by atoms with Crippen LogP contribution in [0.5, 0.6) is 0 Å². The maximum atomic E-state index is 5.85. The van der Waals surface area contributed by atoms with E-state index < -0.39 is 0 Å². The lowest BCUT2D eigenvalue weighted by Crippen LogP contribution is -2.20. The van der Waals surface area contributed by atoms with Crippen molar-refractivity contribution in [1.29, 1.82) is 0 Å². The predicted octanol–water partition coefficient (Wildman–Crippen LogP) is 2.41. The zero-order valence-electron chi connectivity index (χ0n) is 12.2. The molecule has 2 N–H and O–H groups in total. The van der Waals surface area contributed by atoms with Crippen molar-refractivity contribution in [2.75, 3.05) is 7.11 Å². The normalized spacial score (nSPS) is 14.0. The molecule has 0 spiro atoms. The van der Waals surface area contributed by atoms with Gasteiger partial charge in [-0.1, -0.05) is 30.3 Å². The standard InChI is InChI=1S/C16H21N3O/c1-11(17)9-14-10-12(2)18-16(19-14)15(20-3)13-7-5-4-6-8-13/h4-8,10-11,15H,9,17H2,1-3H3. The SMILES string of the molecule is COC(c1ccccc1)c1nc(C)cc(CC(C)N)n1. The fourth-order valence-electron chi connectivity index (χ4n) is 2.23. The molecule has 0 radical (unpaired) electrons. The maximum absolute atomic E-state index is 5.85. The molecule has 0 bridgehead atoms. The Morgan fingerprint density at radius 2 is 1.90 bits per heavy atom. The summed E-state index contributed by atoms with van der Waals surface area (Å²) in [7, 11) is 1.68. The highest BCUT2D eigenvalue weighted by molar-refractivity contribution is 5.24. The van der Waals surface area contributed by atoms with Gasteiger partial charge >= 0.3 is 0 Å². The zero-order valence-corrected chi connectivity index (χ0v) is 12.2. The molecule has 1 aromatic heterocycles. The minimum absolute atomic E-state index is 0.0786. The number of nitrogens with zero attached hydrogens (tertiary/aromatic N) is 2. The van der Waals surface area contributed by atoms with Crippen molar-refractivity contribution < 1.29 is 4.74 Å². The molecule has 4 heteroatoms. The predicted molar refractivity (Wildman–Crippen MR) is 79.4 cm³/mol. The minimum atomic E-state index is -0.247. The van der Waals surface area contributed by atoms with Crippen molar-refractivity contribution in [3.8, 4) is 0 Å². The van der Waals surface area contributed by atoms with E-state index in [-0.39, 0.29) is 12.1 Å². The number of aryl methyl sites for hydroxylation is 1. The van der Waals surface area contributed by atoms with Crippen LogP contribution < -0.4 is 5.73 Å². The van der Waals surface area contributed by atoms with Crippen LogP contribution in [0.15, 0.2) is 36.4 Å². The molecule has 4 nitrogen and oxygen atoms in total. The molecule has 2 aromatic rings. The van der Waals surface area contributed by atoms with Gasteiger partial charge in [0.1, 0.15) is 6.10 Å². The molecule has 0 saturated carbocycles. The van der Waals surface area contributed by atoms with E-state index in [1.54, 1.807) is 7.11 Å². The second kappa shape index (κ2) is 6.59. The van der Waals surface area contributed by atoms with E-state index in [1.165, 1.54) is 0 Å². The Kier molecular flexibility index (Phi) is 4.82. The summed E-state index contributed by atoms with van der Waals surface area (Å²) in [5.74, 6) is 0.689. The van der Waals surface area contributed by atoms with E-state index in [1.807, 2.05) is 50.2 Å². The average molecular weight is 271 g/mol. The van der Waals surface area contributed by atoms with Crippen molar-refractivity contribution in [3.63, 3.8) is 0 Å². The number of ether oxygens (including phenoxy) is 1. The molecule has 0 aliphatic rings. The first-order valence-electron chi connectivity index (χ1n) is 6.78. The molecule has 106 valence electrons. The Morgan fingerprint density at radius 3 is 2.50 bits per heavy atom. The fraction of sp³-hybridized carbons (Fsp3) is 0.375. The first-order chi connectivity index (χ1) is 9.60. The Bertz CT molecular complexity index is 555. The molecule has 1 heterocycles. The molecule has 1 aromatic carbocycles. The highest BCUT2D eigenvalue weighted by Gasteiger charge is 2.17. The smallest absolute Gasteiger partial charge is 0.162 e. The lowest BCUT2D eigenvalue weighted by molar-refractivity contribution is 0.128. The zero-order chi connectivity index (χ0) is 14.5. The van der Waals surface area contributed by atoms with Gasteiger partial charge in [-0.2, -0.15) is 0 Å². The van der Waals surface area contributed by atoms with E-state index in [0.717, 1.165) is 23.4 Å². The fourth-order valence-corrected chi connectivity index (χ4v) is 2.23. The monoisotopic (exact) mass is 271 g/mol. The van der Waals surface area contributed by atoms with Crippen molar-refractivity contribution in [2.24, 2.45) is 5.73 Å². The average Bonchev–Trinajstić information content (AvgIpc) is 2.39. The summed E-state index contributed by atoms with van der Waals surface area (Å²) in [5, 5.41) is 0. The van der Waals surface area contributed by atoms with E-state index >= 15 is 0 Å². The third-order valence-corrected chi connectivity index (χ3v) is 3.03. The number of methoxy groups -OCH3 is 1. The Hall–Kier alpha value is -1.78. The van der Waals surface area contributed by atoms with Gasteiger partial charge in [0, 0.05) is 31.0 Å². The summed E-state index contributed by atoms with van der Waals surface area (Å²) < 4.78 is 5.58. The lowest BCUT2D eigenvalue weighted by atomic mass is 10.1. The van der Waals surface area contributed by atoms with Crippen LogP contribution in [0.1, 0.15) is 35.8 Å². The highest BCUT2D eigenvalue weighted by atomic mass is 16.5. The second-order valence-electron chi connectivity index (χ2n) is 5.07. The topological polar surface area (TPSA) is 61.0 Å². The van der Waals surface area contributed by atoms with Crippen molar-refractivity contribution in [1.82, 2.24) is 9.97 Å². The van der Waals surface area contributed by atoms with Gasteiger partial charge in [-0.3, -0.25) is 0 Å². The number of hydrogen-bond acceptors (Lipinski definition) is 4. The molecular formula is C16H21N3O. The van der Waals surface area contributed by atoms with Gasteiger partial charge < -0.3 is 10.5 Å². The Balaban J connectivity index is 2.37. The van der Waals surface area contributed by atoms with Crippen molar-refractivity contribution in [3.05, 3.63) is 59.2 Å². The molecule has 2 atom stereocenters. The van der Waals surface area contributed by atoms with Gasteiger partial charge in [0.05, 0.1) is 0 Å². The molecule has 20 heavy (non-hydrogen) atoms. The first-order valence-corrected chi connectivity index (χ1v) is 6.78. The summed E-state index contributed by atoms with van der Waals surface area (Å²) >= 11 is 0. The summed E-state index contributed by atoms with van der Waals surface area (Å²) in [6.45, 7) is 3.94. The molecule has 0 saturated heterocycles.